The van der Waals surface area contributed by atoms with Gasteiger partial charge in [-0.15, -0.1) is 0 Å². The zero-order chi connectivity index (χ0) is 6.57. The number of nitrogens with zero attached hydrogens (tertiary/aromatic N) is 1. The van der Waals surface area contributed by atoms with Gasteiger partial charge in [-0.1, -0.05) is 0 Å². The second kappa shape index (κ2) is 2.73. The molecular formula is C3H3NO4. The Labute approximate surface area is 44.4 Å². The summed E-state index contributed by atoms with van der Waals surface area (Å²) in [5, 5.41) is 17.1. The van der Waals surface area contributed by atoms with Crippen LogP contribution in [0.15, 0.2) is 12.3 Å². The largest absolute Gasteiger partial charge is 0.478 e. The van der Waals surface area contributed by atoms with Crippen LogP contribution in [0.4, 0.5) is 0 Å². The Bertz CT molecular complexity index is 122. The van der Waals surface area contributed by atoms with Crippen molar-refractivity contribution < 1.29 is 14.8 Å². The van der Waals surface area contributed by atoms with Crippen molar-refractivity contribution in [2.75, 3.05) is 0 Å². The lowest BCUT2D eigenvalue weighted by Crippen LogP contribution is -1.90. The molecule has 5 nitrogen and oxygen atoms in total. The van der Waals surface area contributed by atoms with Gasteiger partial charge in [0.2, 0.25) is 6.20 Å². The number of aliphatic carboxylic acids is 1. The van der Waals surface area contributed by atoms with Crippen LogP contribution >= 0.6 is 0 Å². The Morgan fingerprint density at radius 2 is 2.25 bits per heavy atom. The summed E-state index contributed by atoms with van der Waals surface area (Å²) in [4.78, 5) is 18.0. The third-order valence-electron chi connectivity index (χ3n) is 0.339. The molecule has 0 saturated carbocycles. The lowest BCUT2D eigenvalue weighted by atomic mass is 10.6. The molecule has 0 heterocycles. The Morgan fingerprint density at radius 3 is 2.38 bits per heavy atom. The second-order valence-corrected chi connectivity index (χ2v) is 0.939. The van der Waals surface area contributed by atoms with Gasteiger partial charge in [0.1, 0.15) is 0 Å². The Kier molecular flexibility index (Phi) is 2.25. The zero-order valence-corrected chi connectivity index (χ0v) is 3.77. The molecule has 0 aliphatic carbocycles. The monoisotopic (exact) mass is 117 g/mol. The summed E-state index contributed by atoms with van der Waals surface area (Å²) in [6.45, 7) is 0. The van der Waals surface area contributed by atoms with Gasteiger partial charge in [0.05, 0.1) is 11.0 Å². The molecule has 0 unspecified atom stereocenters. The molecule has 44 valence electrons. The van der Waals surface area contributed by atoms with E-state index in [0.29, 0.717) is 12.3 Å². The van der Waals surface area contributed by atoms with E-state index in [9.17, 15) is 14.9 Å². The van der Waals surface area contributed by atoms with Crippen LogP contribution in [0.2, 0.25) is 0 Å². The number of hydrogen-bond acceptors (Lipinski definition) is 3. The molecule has 8 heavy (non-hydrogen) atoms. The minimum Gasteiger partial charge on any atom is -0.478 e. The number of carbonyl (C=O) groups is 1. The fourth-order valence-electron chi connectivity index (χ4n) is 0.125. The second-order valence-electron chi connectivity index (χ2n) is 0.939. The molecule has 0 aromatic rings. The van der Waals surface area contributed by atoms with Crippen molar-refractivity contribution in [2.24, 2.45) is 0 Å². The molecule has 0 amide bonds. The first-order valence-electron chi connectivity index (χ1n) is 1.67. The van der Waals surface area contributed by atoms with Gasteiger partial charge in [-0.25, -0.2) is 4.79 Å². The fraction of sp³-hybridized carbons (Fsp3) is 0. The van der Waals surface area contributed by atoms with E-state index in [0.717, 1.165) is 0 Å². The highest BCUT2D eigenvalue weighted by molar-refractivity contribution is 5.79. The van der Waals surface area contributed by atoms with E-state index in [2.05, 4.69) is 0 Å². The Hall–Kier alpha value is -1.39. The topological polar surface area (TPSA) is 80.4 Å². The first-order valence-corrected chi connectivity index (χ1v) is 1.67. The average Bonchev–Trinajstić information content (AvgIpc) is 1.61. The van der Waals surface area contributed by atoms with Crippen LogP contribution in [-0.4, -0.2) is 16.0 Å². The third kappa shape index (κ3) is 4.61. The number of carboxylic acids is 1. The van der Waals surface area contributed by atoms with E-state index < -0.39 is 10.9 Å². The van der Waals surface area contributed by atoms with E-state index in [1.807, 2.05) is 0 Å². The molecule has 0 aromatic carbocycles. The van der Waals surface area contributed by atoms with Crippen LogP contribution in [0.25, 0.3) is 0 Å². The molecule has 0 atom stereocenters. The van der Waals surface area contributed by atoms with Gasteiger partial charge < -0.3 is 5.11 Å². The first kappa shape index (κ1) is 6.61. The zero-order valence-electron chi connectivity index (χ0n) is 3.77. The van der Waals surface area contributed by atoms with Crippen LogP contribution in [0.3, 0.4) is 0 Å². The van der Waals surface area contributed by atoms with E-state index in [1.54, 1.807) is 0 Å². The van der Waals surface area contributed by atoms with Gasteiger partial charge >= 0.3 is 5.97 Å². The highest BCUT2D eigenvalue weighted by Crippen LogP contribution is 1.71. The lowest BCUT2D eigenvalue weighted by Gasteiger charge is -1.73. The van der Waals surface area contributed by atoms with Crippen molar-refractivity contribution in [3.05, 3.63) is 22.4 Å². The summed E-state index contributed by atoms with van der Waals surface area (Å²) >= 11 is 0. The molecule has 0 rings (SSSR count). The number of carboxylic acid groups (broad SMARTS) is 1. The summed E-state index contributed by atoms with van der Waals surface area (Å²) in [6, 6.07) is 0. The van der Waals surface area contributed by atoms with E-state index >= 15 is 0 Å². The Morgan fingerprint density at radius 1 is 1.75 bits per heavy atom. The highest BCUT2D eigenvalue weighted by Gasteiger charge is 1.89. The molecule has 0 bridgehead atoms. The smallest absolute Gasteiger partial charge is 0.334 e. The number of nitro groups is 1. The van der Waals surface area contributed by atoms with Crippen molar-refractivity contribution in [3.8, 4) is 0 Å². The van der Waals surface area contributed by atoms with E-state index in [-0.39, 0.29) is 0 Å². The molecule has 0 aromatic heterocycles. The van der Waals surface area contributed by atoms with Gasteiger partial charge in [-0.3, -0.25) is 10.1 Å². The maximum absolute atomic E-state index is 9.51. The quantitative estimate of drug-likeness (QED) is 0.310. The summed E-state index contributed by atoms with van der Waals surface area (Å²) in [6.07, 6.45) is 0.822. The molecule has 0 radical (unpaired) electrons. The maximum atomic E-state index is 9.51. The van der Waals surface area contributed by atoms with Crippen LogP contribution in [0.5, 0.6) is 0 Å². The number of rotatable bonds is 2. The summed E-state index contributed by atoms with van der Waals surface area (Å²) in [7, 11) is 0. The van der Waals surface area contributed by atoms with Crippen molar-refractivity contribution in [1.29, 1.82) is 0 Å². The lowest BCUT2D eigenvalue weighted by molar-refractivity contribution is -0.402. The fourth-order valence-corrected chi connectivity index (χ4v) is 0.125. The van der Waals surface area contributed by atoms with Crippen LogP contribution < -0.4 is 0 Å². The average molecular weight is 117 g/mol. The highest BCUT2D eigenvalue weighted by atomic mass is 16.6. The SMILES string of the molecule is O=C(O)/C=C\[N+](=O)[O-]. The summed E-state index contributed by atoms with van der Waals surface area (Å²) in [5.74, 6) is -1.32. The van der Waals surface area contributed by atoms with E-state index in [4.69, 9.17) is 5.11 Å². The molecule has 0 aliphatic heterocycles. The van der Waals surface area contributed by atoms with Gasteiger partial charge in [0.15, 0.2) is 0 Å². The van der Waals surface area contributed by atoms with Gasteiger partial charge in [-0.05, 0) is 0 Å². The Balaban J connectivity index is 3.67. The standard InChI is InChI=1S/C3H3NO4/c5-3(6)1-2-4(7)8/h1-2H,(H,5,6)/b2-1-. The van der Waals surface area contributed by atoms with Gasteiger partial charge in [0.25, 0.3) is 0 Å². The molecular weight excluding hydrogens is 114 g/mol. The predicted octanol–water partition coefficient (Wildman–Crippen LogP) is -0.139. The van der Waals surface area contributed by atoms with Crippen LogP contribution in [0.1, 0.15) is 0 Å². The van der Waals surface area contributed by atoms with Crippen molar-refractivity contribution in [3.63, 3.8) is 0 Å². The van der Waals surface area contributed by atoms with Crippen LogP contribution in [-0.2, 0) is 4.79 Å². The molecule has 0 spiro atoms. The van der Waals surface area contributed by atoms with Crippen molar-refractivity contribution >= 4 is 5.97 Å². The summed E-state index contributed by atoms with van der Waals surface area (Å²) < 4.78 is 0. The predicted molar refractivity (Wildman–Crippen MR) is 23.8 cm³/mol. The van der Waals surface area contributed by atoms with E-state index in [1.165, 1.54) is 0 Å². The minimum absolute atomic E-state index is 0.363. The molecule has 0 fully saturated rings. The van der Waals surface area contributed by atoms with Crippen molar-refractivity contribution in [1.82, 2.24) is 0 Å². The first-order chi connectivity index (χ1) is 3.63. The molecule has 5 heteroatoms. The molecule has 0 saturated heterocycles. The summed E-state index contributed by atoms with van der Waals surface area (Å²) in [5.41, 5.74) is 0. The third-order valence-corrected chi connectivity index (χ3v) is 0.339. The normalized spacial score (nSPS) is 9.50. The van der Waals surface area contributed by atoms with Gasteiger partial charge in [-0.2, -0.15) is 0 Å². The molecule has 0 aliphatic rings. The number of hydrogen-bond donors (Lipinski definition) is 1. The van der Waals surface area contributed by atoms with Crippen LogP contribution in [0, 0.1) is 10.1 Å². The van der Waals surface area contributed by atoms with Crippen molar-refractivity contribution in [2.45, 2.75) is 0 Å². The molecule has 1 N–H and O–H groups in total. The maximum Gasteiger partial charge on any atom is 0.334 e. The minimum atomic E-state index is -1.32. The van der Waals surface area contributed by atoms with Gasteiger partial charge in [0, 0.05) is 0 Å².